The molecule has 0 aliphatic rings. The molecule has 0 spiro atoms. The summed E-state index contributed by atoms with van der Waals surface area (Å²) in [6, 6.07) is 15.3. The Balaban J connectivity index is 1.97. The molecule has 0 aliphatic heterocycles. The Morgan fingerprint density at radius 3 is 2.71 bits per heavy atom. The van der Waals surface area contributed by atoms with Crippen LogP contribution in [0.4, 0.5) is 0 Å². The van der Waals surface area contributed by atoms with Gasteiger partial charge < -0.3 is 9.67 Å². The third kappa shape index (κ3) is 2.64. The van der Waals surface area contributed by atoms with Gasteiger partial charge in [-0.2, -0.15) is 5.26 Å². The van der Waals surface area contributed by atoms with Crippen LogP contribution in [-0.4, -0.2) is 9.67 Å². The van der Waals surface area contributed by atoms with Crippen LogP contribution in [-0.2, 0) is 13.2 Å². The Bertz CT molecular complexity index is 846. The van der Waals surface area contributed by atoms with Gasteiger partial charge in [0.2, 0.25) is 0 Å². The number of nitrogens with zero attached hydrogens (tertiary/aromatic N) is 2. The number of rotatable bonds is 3. The molecular weight excluding hydrogens is 284 g/mol. The normalized spacial score (nSPS) is 10.7. The lowest BCUT2D eigenvalue weighted by atomic mass is 10.1. The van der Waals surface area contributed by atoms with Crippen molar-refractivity contribution in [2.75, 3.05) is 0 Å². The molecule has 0 saturated carbocycles. The minimum Gasteiger partial charge on any atom is -0.392 e. The maximum atomic E-state index is 9.17. The summed E-state index contributed by atoms with van der Waals surface area (Å²) in [7, 11) is 0. The summed E-state index contributed by atoms with van der Waals surface area (Å²) in [4.78, 5) is 0. The second-order valence-corrected chi connectivity index (χ2v) is 5.32. The van der Waals surface area contributed by atoms with E-state index >= 15 is 0 Å². The molecule has 1 heterocycles. The summed E-state index contributed by atoms with van der Waals surface area (Å²) in [5, 5.41) is 19.7. The van der Waals surface area contributed by atoms with E-state index in [1.54, 1.807) is 12.1 Å². The minimum absolute atomic E-state index is 0.0442. The van der Waals surface area contributed by atoms with E-state index in [1.165, 1.54) is 0 Å². The number of aromatic nitrogens is 1. The Labute approximate surface area is 127 Å². The van der Waals surface area contributed by atoms with Gasteiger partial charge in [-0.15, -0.1) is 0 Å². The lowest BCUT2D eigenvalue weighted by Gasteiger charge is -2.08. The first-order chi connectivity index (χ1) is 10.2. The van der Waals surface area contributed by atoms with Gasteiger partial charge in [0.15, 0.2) is 0 Å². The fourth-order valence-electron chi connectivity index (χ4n) is 2.41. The highest BCUT2D eigenvalue weighted by molar-refractivity contribution is 6.31. The van der Waals surface area contributed by atoms with Crippen LogP contribution >= 0.6 is 11.6 Å². The van der Waals surface area contributed by atoms with Crippen molar-refractivity contribution >= 4 is 22.5 Å². The standard InChI is InChI=1S/C17H13ClN2O/c18-16-8-12(9-19)1-3-15(16)10-20-6-5-14-7-13(11-21)2-4-17(14)20/h1-8,21H,10-11H2. The highest BCUT2D eigenvalue weighted by Gasteiger charge is 2.06. The molecule has 0 fully saturated rings. The molecule has 1 N–H and O–H groups in total. The van der Waals surface area contributed by atoms with Crippen LogP contribution in [0.1, 0.15) is 16.7 Å². The Hall–Kier alpha value is -2.28. The Morgan fingerprint density at radius 1 is 1.14 bits per heavy atom. The quantitative estimate of drug-likeness (QED) is 0.801. The second kappa shape index (κ2) is 5.61. The summed E-state index contributed by atoms with van der Waals surface area (Å²) in [5.41, 5.74) is 3.53. The Morgan fingerprint density at radius 2 is 2.00 bits per heavy atom. The SMILES string of the molecule is N#Cc1ccc(Cn2ccc3cc(CO)ccc32)c(Cl)c1. The molecule has 0 atom stereocenters. The van der Waals surface area contributed by atoms with Crippen LogP contribution < -0.4 is 0 Å². The number of aliphatic hydroxyl groups excluding tert-OH is 1. The van der Waals surface area contributed by atoms with Gasteiger partial charge in [0.05, 0.1) is 18.2 Å². The second-order valence-electron chi connectivity index (χ2n) is 4.91. The zero-order chi connectivity index (χ0) is 14.8. The van der Waals surface area contributed by atoms with Gasteiger partial charge in [-0.1, -0.05) is 23.7 Å². The molecule has 1 aromatic heterocycles. The van der Waals surface area contributed by atoms with Crippen molar-refractivity contribution in [3.8, 4) is 6.07 Å². The van der Waals surface area contributed by atoms with E-state index < -0.39 is 0 Å². The van der Waals surface area contributed by atoms with Crippen LogP contribution in [0.25, 0.3) is 10.9 Å². The van der Waals surface area contributed by atoms with Gasteiger partial charge in [0.1, 0.15) is 0 Å². The lowest BCUT2D eigenvalue weighted by molar-refractivity contribution is 0.282. The third-order valence-corrected chi connectivity index (χ3v) is 3.89. The van der Waals surface area contributed by atoms with Crippen LogP contribution in [0.2, 0.25) is 5.02 Å². The molecule has 0 amide bonds. The van der Waals surface area contributed by atoms with Crippen molar-refractivity contribution in [3.05, 3.63) is 70.4 Å². The van der Waals surface area contributed by atoms with Crippen molar-refractivity contribution in [1.29, 1.82) is 5.26 Å². The average molecular weight is 297 g/mol. The summed E-state index contributed by atoms with van der Waals surface area (Å²) in [6.45, 7) is 0.690. The average Bonchev–Trinajstić information content (AvgIpc) is 2.91. The largest absolute Gasteiger partial charge is 0.392 e. The number of halogens is 1. The van der Waals surface area contributed by atoms with Crippen LogP contribution in [0.3, 0.4) is 0 Å². The van der Waals surface area contributed by atoms with Crippen molar-refractivity contribution in [3.63, 3.8) is 0 Å². The molecule has 2 aromatic carbocycles. The van der Waals surface area contributed by atoms with E-state index in [0.29, 0.717) is 17.1 Å². The molecule has 0 unspecified atom stereocenters. The third-order valence-electron chi connectivity index (χ3n) is 3.54. The molecular formula is C17H13ClN2O. The molecule has 0 saturated heterocycles. The van der Waals surface area contributed by atoms with Gasteiger partial charge >= 0.3 is 0 Å². The smallest absolute Gasteiger partial charge is 0.0992 e. The van der Waals surface area contributed by atoms with Gasteiger partial charge in [0.25, 0.3) is 0 Å². The van der Waals surface area contributed by atoms with Gasteiger partial charge in [0, 0.05) is 23.3 Å². The molecule has 3 rings (SSSR count). The lowest BCUT2D eigenvalue weighted by Crippen LogP contribution is -1.99. The summed E-state index contributed by atoms with van der Waals surface area (Å²) >= 11 is 6.23. The fourth-order valence-corrected chi connectivity index (χ4v) is 2.65. The van der Waals surface area contributed by atoms with E-state index in [4.69, 9.17) is 16.9 Å². The van der Waals surface area contributed by atoms with Crippen LogP contribution in [0, 0.1) is 11.3 Å². The summed E-state index contributed by atoms with van der Waals surface area (Å²) in [5.74, 6) is 0. The number of hydrogen-bond acceptors (Lipinski definition) is 2. The zero-order valence-corrected chi connectivity index (χ0v) is 12.0. The van der Waals surface area contributed by atoms with Crippen molar-refractivity contribution < 1.29 is 5.11 Å². The molecule has 4 heteroatoms. The van der Waals surface area contributed by atoms with Crippen molar-refractivity contribution in [2.24, 2.45) is 0 Å². The van der Waals surface area contributed by atoms with E-state index in [2.05, 4.69) is 10.6 Å². The number of hydrogen-bond donors (Lipinski definition) is 1. The highest BCUT2D eigenvalue weighted by Crippen LogP contribution is 2.23. The summed E-state index contributed by atoms with van der Waals surface area (Å²) in [6.07, 6.45) is 2.00. The first kappa shape index (κ1) is 13.7. The topological polar surface area (TPSA) is 49.0 Å². The monoisotopic (exact) mass is 296 g/mol. The van der Waals surface area contributed by atoms with E-state index in [9.17, 15) is 5.11 Å². The van der Waals surface area contributed by atoms with Gasteiger partial charge in [-0.25, -0.2) is 0 Å². The van der Waals surface area contributed by atoms with Gasteiger partial charge in [-0.3, -0.25) is 0 Å². The molecule has 0 radical (unpaired) electrons. The van der Waals surface area contributed by atoms with E-state index in [-0.39, 0.29) is 6.61 Å². The first-order valence-corrected chi connectivity index (χ1v) is 6.96. The zero-order valence-electron chi connectivity index (χ0n) is 11.3. The molecule has 0 aliphatic carbocycles. The first-order valence-electron chi connectivity index (χ1n) is 6.58. The predicted molar refractivity (Wildman–Crippen MR) is 83.1 cm³/mol. The fraction of sp³-hybridized carbons (Fsp3) is 0.118. The minimum atomic E-state index is 0.0442. The van der Waals surface area contributed by atoms with Gasteiger partial charge in [-0.05, 0) is 46.8 Å². The predicted octanol–water partition coefficient (Wildman–Crippen LogP) is 3.71. The molecule has 21 heavy (non-hydrogen) atoms. The maximum Gasteiger partial charge on any atom is 0.0992 e. The Kier molecular flexibility index (Phi) is 3.66. The van der Waals surface area contributed by atoms with Crippen molar-refractivity contribution in [1.82, 2.24) is 4.57 Å². The number of aliphatic hydroxyl groups is 1. The van der Waals surface area contributed by atoms with Crippen molar-refractivity contribution in [2.45, 2.75) is 13.2 Å². The number of benzene rings is 2. The van der Waals surface area contributed by atoms with E-state index in [0.717, 1.165) is 22.0 Å². The molecule has 104 valence electrons. The maximum absolute atomic E-state index is 9.17. The molecule has 0 bridgehead atoms. The highest BCUT2D eigenvalue weighted by atomic mass is 35.5. The number of fused-ring (bicyclic) bond motifs is 1. The van der Waals surface area contributed by atoms with Crippen LogP contribution in [0.15, 0.2) is 48.7 Å². The molecule has 3 nitrogen and oxygen atoms in total. The number of nitriles is 1. The molecule has 3 aromatic rings. The van der Waals surface area contributed by atoms with Crippen LogP contribution in [0.5, 0.6) is 0 Å². The summed E-state index contributed by atoms with van der Waals surface area (Å²) < 4.78 is 2.10. The van der Waals surface area contributed by atoms with E-state index in [1.807, 2.05) is 36.5 Å².